The van der Waals surface area contributed by atoms with Gasteiger partial charge >= 0.3 is 6.61 Å². The van der Waals surface area contributed by atoms with Crippen LogP contribution in [-0.4, -0.2) is 25.7 Å². The van der Waals surface area contributed by atoms with E-state index in [-0.39, 0.29) is 17.9 Å². The smallest absolute Gasteiger partial charge is 0.387 e. The van der Waals surface area contributed by atoms with Gasteiger partial charge in [0.15, 0.2) is 11.5 Å². The minimum Gasteiger partial charge on any atom is -0.544 e. The molecule has 18 heavy (non-hydrogen) atoms. The summed E-state index contributed by atoms with van der Waals surface area (Å²) in [5.41, 5.74) is 3.88. The Kier molecular flexibility index (Phi) is 4.85. The summed E-state index contributed by atoms with van der Waals surface area (Å²) >= 11 is 0. The number of benzene rings is 1. The first kappa shape index (κ1) is 14.2. The molecule has 0 aliphatic rings. The summed E-state index contributed by atoms with van der Waals surface area (Å²) in [7, 11) is 1.32. The number of aliphatic carboxylic acids is 1. The van der Waals surface area contributed by atoms with Crippen molar-refractivity contribution in [2.24, 2.45) is 0 Å². The highest BCUT2D eigenvalue weighted by molar-refractivity contribution is 5.69. The van der Waals surface area contributed by atoms with Gasteiger partial charge in [0.1, 0.15) is 6.04 Å². The van der Waals surface area contributed by atoms with Crippen molar-refractivity contribution < 1.29 is 33.9 Å². The van der Waals surface area contributed by atoms with E-state index < -0.39 is 18.6 Å². The molecule has 1 atom stereocenters. The number of ether oxygens (including phenoxy) is 2. The molecule has 1 rings (SSSR count). The Hall–Kier alpha value is -1.89. The van der Waals surface area contributed by atoms with Crippen LogP contribution in [0.4, 0.5) is 8.78 Å². The van der Waals surface area contributed by atoms with Gasteiger partial charge in [0.25, 0.3) is 0 Å². The second kappa shape index (κ2) is 6.15. The van der Waals surface area contributed by atoms with Crippen molar-refractivity contribution in [2.75, 3.05) is 7.11 Å². The van der Waals surface area contributed by atoms with E-state index in [1.807, 2.05) is 0 Å². The second-order valence-corrected chi connectivity index (χ2v) is 3.58. The lowest BCUT2D eigenvalue weighted by Crippen LogP contribution is -2.69. The number of carbonyl (C=O) groups excluding carboxylic acids is 1. The number of hydrogen-bond donors (Lipinski definition) is 1. The van der Waals surface area contributed by atoms with Crippen LogP contribution in [0.2, 0.25) is 0 Å². The van der Waals surface area contributed by atoms with Crippen molar-refractivity contribution >= 4 is 5.97 Å². The predicted octanol–water partition coefficient (Wildman–Crippen LogP) is -0.800. The summed E-state index contributed by atoms with van der Waals surface area (Å²) in [4.78, 5) is 10.5. The van der Waals surface area contributed by atoms with Crippen molar-refractivity contribution in [1.29, 1.82) is 0 Å². The standard InChI is InChI=1S/C11H13F2NO4/c1-17-8-3-2-6(4-7(14)10(15)16)5-9(8)18-11(12)13/h2-3,5,7,11H,4,14H2,1H3,(H,15,16)/t7-/m1/s1. The number of rotatable bonds is 6. The molecular weight excluding hydrogens is 248 g/mol. The highest BCUT2D eigenvalue weighted by atomic mass is 19.3. The van der Waals surface area contributed by atoms with Gasteiger partial charge in [0.05, 0.1) is 13.1 Å². The first-order valence-corrected chi connectivity index (χ1v) is 5.09. The number of methoxy groups -OCH3 is 1. The van der Waals surface area contributed by atoms with Gasteiger partial charge in [-0.25, -0.2) is 0 Å². The summed E-state index contributed by atoms with van der Waals surface area (Å²) in [6.07, 6.45) is 0.0614. The Morgan fingerprint density at radius 2 is 2.11 bits per heavy atom. The normalized spacial score (nSPS) is 12.3. The van der Waals surface area contributed by atoms with E-state index in [0.29, 0.717) is 5.56 Å². The molecule has 0 aromatic heterocycles. The number of carboxylic acids is 1. The van der Waals surface area contributed by atoms with E-state index in [4.69, 9.17) is 4.74 Å². The maximum absolute atomic E-state index is 12.2. The summed E-state index contributed by atoms with van der Waals surface area (Å²) in [5, 5.41) is 10.5. The lowest BCUT2D eigenvalue weighted by Gasteiger charge is -2.13. The maximum atomic E-state index is 12.2. The van der Waals surface area contributed by atoms with Crippen LogP contribution < -0.4 is 20.3 Å². The minimum absolute atomic E-state index is 0.0614. The van der Waals surface area contributed by atoms with E-state index in [1.54, 1.807) is 6.07 Å². The number of hydrogen-bond acceptors (Lipinski definition) is 4. The van der Waals surface area contributed by atoms with Gasteiger partial charge in [-0.05, 0) is 17.7 Å². The fourth-order valence-electron chi connectivity index (χ4n) is 1.40. The Morgan fingerprint density at radius 3 is 2.61 bits per heavy atom. The molecule has 0 saturated carbocycles. The van der Waals surface area contributed by atoms with Crippen LogP contribution in [0.25, 0.3) is 0 Å². The third kappa shape index (κ3) is 3.85. The van der Waals surface area contributed by atoms with Gasteiger partial charge in [-0.2, -0.15) is 8.78 Å². The molecule has 1 aromatic carbocycles. The van der Waals surface area contributed by atoms with Gasteiger partial charge in [-0.1, -0.05) is 6.07 Å². The van der Waals surface area contributed by atoms with E-state index in [2.05, 4.69) is 10.5 Å². The van der Waals surface area contributed by atoms with Gasteiger partial charge in [0.2, 0.25) is 0 Å². The monoisotopic (exact) mass is 261 g/mol. The van der Waals surface area contributed by atoms with Gasteiger partial charge in [-0.3, -0.25) is 0 Å². The molecule has 7 heteroatoms. The highest BCUT2D eigenvalue weighted by Gasteiger charge is 2.14. The van der Waals surface area contributed by atoms with Crippen molar-refractivity contribution in [1.82, 2.24) is 0 Å². The molecule has 0 heterocycles. The molecule has 0 fully saturated rings. The van der Waals surface area contributed by atoms with Crippen molar-refractivity contribution in [2.45, 2.75) is 19.1 Å². The Bertz CT molecular complexity index is 426. The first-order valence-electron chi connectivity index (χ1n) is 5.09. The molecule has 3 N–H and O–H groups in total. The SMILES string of the molecule is COc1ccc(C[C@@H]([NH3+])C(=O)[O-])cc1OC(F)F. The zero-order chi connectivity index (χ0) is 13.7. The maximum Gasteiger partial charge on any atom is 0.387 e. The average Bonchev–Trinajstić information content (AvgIpc) is 2.28. The lowest BCUT2D eigenvalue weighted by atomic mass is 10.1. The summed E-state index contributed by atoms with van der Waals surface area (Å²) in [6.45, 7) is -2.98. The average molecular weight is 261 g/mol. The van der Waals surface area contributed by atoms with Crippen LogP contribution in [0.1, 0.15) is 5.56 Å². The summed E-state index contributed by atoms with van der Waals surface area (Å²) < 4.78 is 33.5. The number of quaternary nitrogens is 1. The fraction of sp³-hybridized carbons (Fsp3) is 0.364. The lowest BCUT2D eigenvalue weighted by molar-refractivity contribution is -0.437. The number of halogens is 2. The summed E-state index contributed by atoms with van der Waals surface area (Å²) in [6, 6.07) is 3.32. The molecule has 0 saturated heterocycles. The van der Waals surface area contributed by atoms with Crippen LogP contribution in [0.15, 0.2) is 18.2 Å². The molecule has 0 aliphatic heterocycles. The van der Waals surface area contributed by atoms with Gasteiger partial charge in [0, 0.05) is 6.42 Å². The molecular formula is C11H13F2NO4. The quantitative estimate of drug-likeness (QED) is 0.726. The zero-order valence-electron chi connectivity index (χ0n) is 9.69. The molecule has 0 radical (unpaired) electrons. The van der Waals surface area contributed by atoms with E-state index >= 15 is 0 Å². The van der Waals surface area contributed by atoms with Crippen LogP contribution in [0.5, 0.6) is 11.5 Å². The third-order valence-electron chi connectivity index (χ3n) is 2.26. The number of alkyl halides is 2. The molecule has 0 bridgehead atoms. The largest absolute Gasteiger partial charge is 0.544 e. The fourth-order valence-corrected chi connectivity index (χ4v) is 1.40. The zero-order valence-corrected chi connectivity index (χ0v) is 9.69. The van der Waals surface area contributed by atoms with Crippen LogP contribution in [0.3, 0.4) is 0 Å². The van der Waals surface area contributed by atoms with E-state index in [9.17, 15) is 18.7 Å². The van der Waals surface area contributed by atoms with E-state index in [1.165, 1.54) is 19.2 Å². The molecule has 100 valence electrons. The molecule has 0 aliphatic carbocycles. The third-order valence-corrected chi connectivity index (χ3v) is 2.26. The van der Waals surface area contributed by atoms with Crippen LogP contribution in [-0.2, 0) is 11.2 Å². The molecule has 0 amide bonds. The van der Waals surface area contributed by atoms with Crippen LogP contribution in [0, 0.1) is 0 Å². The summed E-state index contributed by atoms with van der Waals surface area (Å²) in [5.74, 6) is -1.30. The Balaban J connectivity index is 2.91. The molecule has 0 spiro atoms. The minimum atomic E-state index is -2.98. The first-order chi connectivity index (χ1) is 8.43. The number of carboxylic acid groups (broad SMARTS) is 1. The van der Waals surface area contributed by atoms with Crippen molar-refractivity contribution in [3.63, 3.8) is 0 Å². The Morgan fingerprint density at radius 1 is 1.44 bits per heavy atom. The highest BCUT2D eigenvalue weighted by Crippen LogP contribution is 2.29. The van der Waals surface area contributed by atoms with Crippen LogP contribution >= 0.6 is 0 Å². The van der Waals surface area contributed by atoms with Crippen molar-refractivity contribution in [3.8, 4) is 11.5 Å². The topological polar surface area (TPSA) is 86.2 Å². The van der Waals surface area contributed by atoms with Gasteiger partial charge < -0.3 is 25.1 Å². The molecule has 1 aromatic rings. The Labute approximate surface area is 102 Å². The molecule has 5 nitrogen and oxygen atoms in total. The number of carbonyl (C=O) groups is 1. The second-order valence-electron chi connectivity index (χ2n) is 3.58. The van der Waals surface area contributed by atoms with Gasteiger partial charge in [-0.15, -0.1) is 0 Å². The van der Waals surface area contributed by atoms with Crippen molar-refractivity contribution in [3.05, 3.63) is 23.8 Å². The van der Waals surface area contributed by atoms with E-state index in [0.717, 1.165) is 0 Å². The predicted molar refractivity (Wildman–Crippen MR) is 55.0 cm³/mol. The molecule has 0 unspecified atom stereocenters.